The van der Waals surface area contributed by atoms with Gasteiger partial charge in [0.25, 0.3) is 0 Å². The van der Waals surface area contributed by atoms with Gasteiger partial charge in [-0.2, -0.15) is 5.26 Å². The Hall–Kier alpha value is -0.970. The van der Waals surface area contributed by atoms with Crippen molar-refractivity contribution < 1.29 is 4.74 Å². The van der Waals surface area contributed by atoms with Crippen molar-refractivity contribution in [3.05, 3.63) is 11.8 Å². The molecule has 2 nitrogen and oxygen atoms in total. The lowest BCUT2D eigenvalue weighted by Crippen LogP contribution is -1.69. The number of hydrogen-bond acceptors (Lipinski definition) is 2. The molecule has 2 heteroatoms. The predicted octanol–water partition coefficient (Wildman–Crippen LogP) is 1.06. The first-order valence-corrected chi connectivity index (χ1v) is 1.91. The van der Waals surface area contributed by atoms with Gasteiger partial charge in [0.05, 0.1) is 25.0 Å². The Kier molecular flexibility index (Phi) is 2.78. The minimum atomic E-state index is 0.586. The van der Waals surface area contributed by atoms with Gasteiger partial charge in [0.2, 0.25) is 0 Å². The molecule has 0 heterocycles. The number of allylic oxidation sites excluding steroid dienone is 1. The van der Waals surface area contributed by atoms with Gasteiger partial charge in [0.1, 0.15) is 0 Å². The van der Waals surface area contributed by atoms with Crippen molar-refractivity contribution in [2.45, 2.75) is 6.92 Å². The van der Waals surface area contributed by atoms with E-state index in [0.29, 0.717) is 5.57 Å². The minimum Gasteiger partial charge on any atom is -0.503 e. The number of methoxy groups -OCH3 is 1. The van der Waals surface area contributed by atoms with Crippen molar-refractivity contribution in [1.29, 1.82) is 5.26 Å². The van der Waals surface area contributed by atoms with E-state index in [0.717, 1.165) is 0 Å². The standard InChI is InChI=1S/C5H7NO/c1-5(3-6)4-7-2/h4H,1-2H3. The third-order valence-corrected chi connectivity index (χ3v) is 0.471. The Balaban J connectivity index is 3.57. The second kappa shape index (κ2) is 3.23. The molecule has 0 aromatic rings. The molecule has 0 saturated heterocycles. The maximum Gasteiger partial charge on any atom is 0.0976 e. The van der Waals surface area contributed by atoms with E-state index in [1.165, 1.54) is 13.4 Å². The van der Waals surface area contributed by atoms with Crippen LogP contribution in [0.2, 0.25) is 0 Å². The molecule has 0 aromatic heterocycles. The summed E-state index contributed by atoms with van der Waals surface area (Å²) in [6, 6.07) is 1.90. The zero-order chi connectivity index (χ0) is 5.70. The molecule has 0 saturated carbocycles. The average Bonchev–Trinajstić information content (AvgIpc) is 1.68. The highest BCUT2D eigenvalue weighted by molar-refractivity contribution is 5.14. The van der Waals surface area contributed by atoms with E-state index in [1.807, 2.05) is 6.07 Å². The molecule has 0 spiro atoms. The van der Waals surface area contributed by atoms with E-state index < -0.39 is 0 Å². The fourth-order valence-corrected chi connectivity index (χ4v) is 0.203. The topological polar surface area (TPSA) is 33.0 Å². The lowest BCUT2D eigenvalue weighted by atomic mass is 10.4. The Morgan fingerprint density at radius 2 is 2.43 bits per heavy atom. The van der Waals surface area contributed by atoms with Crippen molar-refractivity contribution >= 4 is 0 Å². The zero-order valence-corrected chi connectivity index (χ0v) is 4.43. The highest BCUT2D eigenvalue weighted by Gasteiger charge is 1.76. The molecule has 0 rings (SSSR count). The van der Waals surface area contributed by atoms with Crippen LogP contribution >= 0.6 is 0 Å². The molecule has 0 atom stereocenters. The lowest BCUT2D eigenvalue weighted by molar-refractivity contribution is 0.335. The predicted molar refractivity (Wildman–Crippen MR) is 26.4 cm³/mol. The molecular formula is C5H7NO. The van der Waals surface area contributed by atoms with Gasteiger partial charge in [-0.05, 0) is 6.92 Å². The van der Waals surface area contributed by atoms with Crippen LogP contribution in [0.1, 0.15) is 6.92 Å². The Morgan fingerprint density at radius 3 is 2.57 bits per heavy atom. The SMILES string of the molecule is COC=C(C)C#N. The van der Waals surface area contributed by atoms with Crippen LogP contribution in [0.3, 0.4) is 0 Å². The summed E-state index contributed by atoms with van der Waals surface area (Å²) in [6.07, 6.45) is 1.40. The van der Waals surface area contributed by atoms with E-state index in [2.05, 4.69) is 4.74 Å². The van der Waals surface area contributed by atoms with Gasteiger partial charge in [-0.1, -0.05) is 0 Å². The van der Waals surface area contributed by atoms with Crippen LogP contribution in [0.5, 0.6) is 0 Å². The maximum atomic E-state index is 8.07. The van der Waals surface area contributed by atoms with E-state index in [-0.39, 0.29) is 0 Å². The molecule has 0 radical (unpaired) electrons. The molecule has 0 aliphatic rings. The summed E-state index contributed by atoms with van der Waals surface area (Å²) in [5.74, 6) is 0. The van der Waals surface area contributed by atoms with Crippen LogP contribution < -0.4 is 0 Å². The second-order valence-electron chi connectivity index (χ2n) is 1.15. The van der Waals surface area contributed by atoms with Gasteiger partial charge in [-0.25, -0.2) is 0 Å². The fourth-order valence-electron chi connectivity index (χ4n) is 0.203. The molecule has 38 valence electrons. The van der Waals surface area contributed by atoms with Gasteiger partial charge < -0.3 is 4.74 Å². The lowest BCUT2D eigenvalue weighted by Gasteiger charge is -1.83. The molecule has 0 bridgehead atoms. The first-order valence-electron chi connectivity index (χ1n) is 1.91. The second-order valence-corrected chi connectivity index (χ2v) is 1.15. The first-order chi connectivity index (χ1) is 3.31. The van der Waals surface area contributed by atoms with Crippen molar-refractivity contribution in [1.82, 2.24) is 0 Å². The summed E-state index contributed by atoms with van der Waals surface area (Å²) in [5.41, 5.74) is 0.586. The molecule has 0 fully saturated rings. The summed E-state index contributed by atoms with van der Waals surface area (Å²) in [5, 5.41) is 8.07. The molecule has 0 aliphatic carbocycles. The highest BCUT2D eigenvalue weighted by atomic mass is 16.5. The Morgan fingerprint density at radius 1 is 1.86 bits per heavy atom. The van der Waals surface area contributed by atoms with Gasteiger partial charge in [0.15, 0.2) is 0 Å². The molecule has 0 N–H and O–H groups in total. The van der Waals surface area contributed by atoms with Crippen LogP contribution in [0, 0.1) is 11.3 Å². The number of ether oxygens (including phenoxy) is 1. The smallest absolute Gasteiger partial charge is 0.0976 e. The van der Waals surface area contributed by atoms with E-state index in [1.54, 1.807) is 6.92 Å². The fraction of sp³-hybridized carbons (Fsp3) is 0.400. The number of nitrogens with zero attached hydrogens (tertiary/aromatic N) is 1. The van der Waals surface area contributed by atoms with Crippen LogP contribution in [0.4, 0.5) is 0 Å². The van der Waals surface area contributed by atoms with Crippen LogP contribution in [-0.4, -0.2) is 7.11 Å². The maximum absolute atomic E-state index is 8.07. The van der Waals surface area contributed by atoms with E-state index >= 15 is 0 Å². The van der Waals surface area contributed by atoms with Crippen LogP contribution in [-0.2, 0) is 4.74 Å². The van der Waals surface area contributed by atoms with E-state index in [9.17, 15) is 0 Å². The summed E-state index contributed by atoms with van der Waals surface area (Å²) in [4.78, 5) is 0. The van der Waals surface area contributed by atoms with Crippen molar-refractivity contribution in [3.63, 3.8) is 0 Å². The third kappa shape index (κ3) is 2.84. The summed E-state index contributed by atoms with van der Waals surface area (Å²) in [6.45, 7) is 1.68. The number of hydrogen-bond donors (Lipinski definition) is 0. The summed E-state index contributed by atoms with van der Waals surface area (Å²) < 4.78 is 4.51. The largest absolute Gasteiger partial charge is 0.503 e. The Labute approximate surface area is 43.0 Å². The Bertz CT molecular complexity index is 110. The van der Waals surface area contributed by atoms with Gasteiger partial charge in [-0.15, -0.1) is 0 Å². The average molecular weight is 97.1 g/mol. The minimum absolute atomic E-state index is 0.586. The van der Waals surface area contributed by atoms with Crippen molar-refractivity contribution in [2.24, 2.45) is 0 Å². The van der Waals surface area contributed by atoms with Crippen molar-refractivity contribution in [2.75, 3.05) is 7.11 Å². The van der Waals surface area contributed by atoms with Crippen molar-refractivity contribution in [3.8, 4) is 6.07 Å². The van der Waals surface area contributed by atoms with Gasteiger partial charge in [0, 0.05) is 0 Å². The van der Waals surface area contributed by atoms with E-state index in [4.69, 9.17) is 5.26 Å². The quantitative estimate of drug-likeness (QED) is 0.362. The van der Waals surface area contributed by atoms with Gasteiger partial charge in [-0.3, -0.25) is 0 Å². The molecule has 0 amide bonds. The molecular weight excluding hydrogens is 90.1 g/mol. The number of nitriles is 1. The van der Waals surface area contributed by atoms with Gasteiger partial charge >= 0.3 is 0 Å². The summed E-state index contributed by atoms with van der Waals surface area (Å²) in [7, 11) is 1.51. The highest BCUT2D eigenvalue weighted by Crippen LogP contribution is 1.85. The normalized spacial score (nSPS) is 10.1. The molecule has 7 heavy (non-hydrogen) atoms. The monoisotopic (exact) mass is 97.1 g/mol. The molecule has 0 unspecified atom stereocenters. The van der Waals surface area contributed by atoms with Crippen LogP contribution in [0.25, 0.3) is 0 Å². The van der Waals surface area contributed by atoms with Crippen LogP contribution in [0.15, 0.2) is 11.8 Å². The first kappa shape index (κ1) is 6.03. The number of rotatable bonds is 1. The molecule has 0 aromatic carbocycles. The summed E-state index contributed by atoms with van der Waals surface area (Å²) >= 11 is 0. The molecule has 0 aliphatic heterocycles. The third-order valence-electron chi connectivity index (χ3n) is 0.471. The zero-order valence-electron chi connectivity index (χ0n) is 4.43.